The van der Waals surface area contributed by atoms with Gasteiger partial charge >= 0.3 is 0 Å². The summed E-state index contributed by atoms with van der Waals surface area (Å²) in [6, 6.07) is 14.4. The number of rotatable bonds is 8. The summed E-state index contributed by atoms with van der Waals surface area (Å²) < 4.78 is 30.7. The van der Waals surface area contributed by atoms with Gasteiger partial charge in [-0.15, -0.1) is 0 Å². The summed E-state index contributed by atoms with van der Waals surface area (Å²) in [7, 11) is -1.93. The Balaban J connectivity index is 1.97. The third-order valence-electron chi connectivity index (χ3n) is 3.84. The number of hydrogen-bond donors (Lipinski definition) is 1. The molecule has 0 saturated heterocycles. The lowest BCUT2D eigenvalue weighted by atomic mass is 10.2. The number of ether oxygens (including phenoxy) is 1. The molecule has 140 valence electrons. The van der Waals surface area contributed by atoms with E-state index in [1.807, 2.05) is 31.2 Å². The molecule has 26 heavy (non-hydrogen) atoms. The van der Waals surface area contributed by atoms with E-state index in [1.165, 1.54) is 11.4 Å². The minimum Gasteiger partial charge on any atom is -0.497 e. The molecule has 6 nitrogen and oxygen atoms in total. The molecule has 2 aromatic rings. The Bertz CT molecular complexity index is 848. The van der Waals surface area contributed by atoms with Gasteiger partial charge in [0.05, 0.1) is 19.1 Å². The molecular weight excluding hydrogens is 352 g/mol. The van der Waals surface area contributed by atoms with Gasteiger partial charge in [-0.05, 0) is 37.6 Å². The van der Waals surface area contributed by atoms with Crippen molar-refractivity contribution in [2.24, 2.45) is 0 Å². The van der Waals surface area contributed by atoms with Gasteiger partial charge in [-0.3, -0.25) is 9.10 Å². The monoisotopic (exact) mass is 376 g/mol. The van der Waals surface area contributed by atoms with Crippen LogP contribution in [0.5, 0.6) is 5.75 Å². The van der Waals surface area contributed by atoms with Crippen molar-refractivity contribution in [2.45, 2.75) is 19.8 Å². The van der Waals surface area contributed by atoms with Crippen LogP contribution in [0.15, 0.2) is 48.5 Å². The highest BCUT2D eigenvalue weighted by Gasteiger charge is 2.18. The first-order valence-electron chi connectivity index (χ1n) is 8.28. The number of hydrogen-bond acceptors (Lipinski definition) is 4. The SMILES string of the molecule is COc1cccc(N(CCCC(=O)Nc2ccc(C)cc2)S(C)(=O)=O)c1. The molecule has 0 aliphatic rings. The van der Waals surface area contributed by atoms with Crippen LogP contribution < -0.4 is 14.4 Å². The average molecular weight is 376 g/mol. The fourth-order valence-corrected chi connectivity index (χ4v) is 3.45. The van der Waals surface area contributed by atoms with Crippen LogP contribution in [0.3, 0.4) is 0 Å². The molecule has 0 atom stereocenters. The molecule has 0 saturated carbocycles. The lowest BCUT2D eigenvalue weighted by Crippen LogP contribution is -2.31. The maximum absolute atomic E-state index is 12.1. The highest BCUT2D eigenvalue weighted by molar-refractivity contribution is 7.92. The zero-order valence-electron chi connectivity index (χ0n) is 15.2. The smallest absolute Gasteiger partial charge is 0.232 e. The Hall–Kier alpha value is -2.54. The van der Waals surface area contributed by atoms with E-state index in [1.54, 1.807) is 24.3 Å². The predicted molar refractivity (Wildman–Crippen MR) is 104 cm³/mol. The van der Waals surface area contributed by atoms with Gasteiger partial charge in [0, 0.05) is 24.7 Å². The van der Waals surface area contributed by atoms with Crippen LogP contribution in [0.2, 0.25) is 0 Å². The van der Waals surface area contributed by atoms with Crippen LogP contribution in [-0.2, 0) is 14.8 Å². The first-order valence-corrected chi connectivity index (χ1v) is 10.1. The zero-order chi connectivity index (χ0) is 19.2. The number of benzene rings is 2. The van der Waals surface area contributed by atoms with Gasteiger partial charge in [0.25, 0.3) is 0 Å². The van der Waals surface area contributed by atoms with E-state index in [-0.39, 0.29) is 18.9 Å². The highest BCUT2D eigenvalue weighted by atomic mass is 32.2. The number of carbonyl (C=O) groups excluding carboxylic acids is 1. The zero-order valence-corrected chi connectivity index (χ0v) is 16.0. The predicted octanol–water partition coefficient (Wildman–Crippen LogP) is 3.19. The summed E-state index contributed by atoms with van der Waals surface area (Å²) >= 11 is 0. The molecule has 0 heterocycles. The second-order valence-electron chi connectivity index (χ2n) is 6.05. The van der Waals surface area contributed by atoms with E-state index in [4.69, 9.17) is 4.74 Å². The van der Waals surface area contributed by atoms with E-state index in [2.05, 4.69) is 5.32 Å². The van der Waals surface area contributed by atoms with Crippen molar-refractivity contribution in [1.29, 1.82) is 0 Å². The van der Waals surface area contributed by atoms with Crippen LogP contribution in [0.4, 0.5) is 11.4 Å². The topological polar surface area (TPSA) is 75.7 Å². The van der Waals surface area contributed by atoms with Crippen molar-refractivity contribution < 1.29 is 17.9 Å². The van der Waals surface area contributed by atoms with Gasteiger partial charge in [0.2, 0.25) is 15.9 Å². The molecule has 0 aromatic heterocycles. The molecule has 0 spiro atoms. The molecule has 1 amide bonds. The molecule has 0 aliphatic carbocycles. The van der Waals surface area contributed by atoms with Gasteiger partial charge < -0.3 is 10.1 Å². The van der Waals surface area contributed by atoms with Crippen LogP contribution in [-0.4, -0.2) is 34.2 Å². The molecule has 7 heteroatoms. The maximum atomic E-state index is 12.1. The number of anilines is 2. The number of nitrogens with zero attached hydrogens (tertiary/aromatic N) is 1. The van der Waals surface area contributed by atoms with Crippen molar-refractivity contribution in [2.75, 3.05) is 29.5 Å². The van der Waals surface area contributed by atoms with Crippen LogP contribution in [0.25, 0.3) is 0 Å². The van der Waals surface area contributed by atoms with Crippen LogP contribution >= 0.6 is 0 Å². The molecule has 0 radical (unpaired) electrons. The molecule has 0 fully saturated rings. The third kappa shape index (κ3) is 5.77. The fraction of sp³-hybridized carbons (Fsp3) is 0.316. The lowest BCUT2D eigenvalue weighted by Gasteiger charge is -2.22. The second kappa shape index (κ2) is 8.71. The normalized spacial score (nSPS) is 11.0. The number of aryl methyl sites for hydroxylation is 1. The first kappa shape index (κ1) is 19.8. The number of carbonyl (C=O) groups is 1. The number of methoxy groups -OCH3 is 1. The summed E-state index contributed by atoms with van der Waals surface area (Å²) in [6.07, 6.45) is 1.78. The van der Waals surface area contributed by atoms with Gasteiger partial charge in [-0.25, -0.2) is 8.42 Å². The summed E-state index contributed by atoms with van der Waals surface area (Å²) in [4.78, 5) is 12.1. The van der Waals surface area contributed by atoms with Crippen molar-refractivity contribution in [3.63, 3.8) is 0 Å². The molecule has 1 N–H and O–H groups in total. The summed E-state index contributed by atoms with van der Waals surface area (Å²) in [5.74, 6) is 0.432. The van der Waals surface area contributed by atoms with Crippen LogP contribution in [0.1, 0.15) is 18.4 Å². The Morgan fingerprint density at radius 1 is 1.15 bits per heavy atom. The van der Waals surface area contributed by atoms with Gasteiger partial charge in [-0.1, -0.05) is 23.8 Å². The average Bonchev–Trinajstić information content (AvgIpc) is 2.59. The fourth-order valence-electron chi connectivity index (χ4n) is 2.50. The van der Waals surface area contributed by atoms with E-state index in [0.29, 0.717) is 17.9 Å². The van der Waals surface area contributed by atoms with Crippen LogP contribution in [0, 0.1) is 6.92 Å². The molecule has 0 aliphatic heterocycles. The largest absolute Gasteiger partial charge is 0.497 e. The molecule has 2 rings (SSSR count). The summed E-state index contributed by atoms with van der Waals surface area (Å²) in [6.45, 7) is 2.19. The molecule has 2 aromatic carbocycles. The van der Waals surface area contributed by atoms with E-state index >= 15 is 0 Å². The van der Waals surface area contributed by atoms with E-state index < -0.39 is 10.0 Å². The number of amides is 1. The highest BCUT2D eigenvalue weighted by Crippen LogP contribution is 2.23. The van der Waals surface area contributed by atoms with Crippen molar-refractivity contribution in [3.8, 4) is 5.75 Å². The summed E-state index contributed by atoms with van der Waals surface area (Å²) in [5, 5.41) is 2.81. The van der Waals surface area contributed by atoms with Gasteiger partial charge in [0.1, 0.15) is 5.75 Å². The first-order chi connectivity index (χ1) is 12.3. The molecule has 0 unspecified atom stereocenters. The third-order valence-corrected chi connectivity index (χ3v) is 5.04. The van der Waals surface area contributed by atoms with E-state index in [0.717, 1.165) is 17.5 Å². The summed E-state index contributed by atoms with van der Waals surface area (Å²) in [5.41, 5.74) is 2.37. The molecule has 0 bridgehead atoms. The Kier molecular flexibility index (Phi) is 6.63. The lowest BCUT2D eigenvalue weighted by molar-refractivity contribution is -0.116. The second-order valence-corrected chi connectivity index (χ2v) is 7.96. The minimum atomic E-state index is -3.46. The minimum absolute atomic E-state index is 0.145. The number of sulfonamides is 1. The standard InChI is InChI=1S/C19H24N2O4S/c1-15-9-11-16(12-10-15)20-19(22)8-5-13-21(26(3,23)24)17-6-4-7-18(14-17)25-2/h4,6-7,9-12,14H,5,8,13H2,1-3H3,(H,20,22). The quantitative estimate of drug-likeness (QED) is 0.768. The molecular formula is C19H24N2O4S. The number of nitrogens with one attached hydrogen (secondary N) is 1. The van der Waals surface area contributed by atoms with E-state index in [9.17, 15) is 13.2 Å². The maximum Gasteiger partial charge on any atom is 0.232 e. The Morgan fingerprint density at radius 3 is 2.46 bits per heavy atom. The Morgan fingerprint density at radius 2 is 1.85 bits per heavy atom. The van der Waals surface area contributed by atoms with Crippen molar-refractivity contribution in [1.82, 2.24) is 0 Å². The van der Waals surface area contributed by atoms with Gasteiger partial charge in [0.15, 0.2) is 0 Å². The Labute approximate surface area is 154 Å². The van der Waals surface area contributed by atoms with Gasteiger partial charge in [-0.2, -0.15) is 0 Å². The van der Waals surface area contributed by atoms with Crippen molar-refractivity contribution in [3.05, 3.63) is 54.1 Å². The van der Waals surface area contributed by atoms with Crippen molar-refractivity contribution >= 4 is 27.3 Å².